The fourth-order valence-electron chi connectivity index (χ4n) is 3.72. The molecule has 1 saturated heterocycles. The van der Waals surface area contributed by atoms with Crippen molar-refractivity contribution in [2.75, 3.05) is 6.54 Å². The average Bonchev–Trinajstić information content (AvgIpc) is 3.00. The Morgan fingerprint density at radius 2 is 1.89 bits per heavy atom. The highest BCUT2D eigenvalue weighted by Gasteiger charge is 2.29. The van der Waals surface area contributed by atoms with E-state index >= 15 is 0 Å². The van der Waals surface area contributed by atoms with E-state index in [0.29, 0.717) is 6.04 Å². The van der Waals surface area contributed by atoms with Crippen LogP contribution < -0.4 is 5.32 Å². The molecule has 18 heavy (non-hydrogen) atoms. The SMILES string of the molecule is Cc1c(C2CCCCC2)c(C2CCCN2)nn1C. The van der Waals surface area contributed by atoms with Crippen molar-refractivity contribution >= 4 is 0 Å². The Labute approximate surface area is 110 Å². The number of hydrogen-bond acceptors (Lipinski definition) is 2. The molecule has 3 heteroatoms. The quantitative estimate of drug-likeness (QED) is 0.869. The van der Waals surface area contributed by atoms with Gasteiger partial charge < -0.3 is 5.32 Å². The van der Waals surface area contributed by atoms with Crippen molar-refractivity contribution in [2.24, 2.45) is 7.05 Å². The van der Waals surface area contributed by atoms with Gasteiger partial charge in [-0.25, -0.2) is 0 Å². The van der Waals surface area contributed by atoms with E-state index in [4.69, 9.17) is 5.10 Å². The maximum absolute atomic E-state index is 4.82. The number of aromatic nitrogens is 2. The third kappa shape index (κ3) is 2.09. The highest BCUT2D eigenvalue weighted by molar-refractivity contribution is 5.32. The number of nitrogens with zero attached hydrogens (tertiary/aromatic N) is 2. The summed E-state index contributed by atoms with van der Waals surface area (Å²) in [5.41, 5.74) is 4.33. The molecular formula is C15H25N3. The van der Waals surface area contributed by atoms with Gasteiger partial charge in [0.25, 0.3) is 0 Å². The van der Waals surface area contributed by atoms with E-state index in [0.717, 1.165) is 12.5 Å². The fourth-order valence-corrected chi connectivity index (χ4v) is 3.72. The second-order valence-electron chi connectivity index (χ2n) is 5.99. The van der Waals surface area contributed by atoms with Crippen molar-refractivity contribution in [1.29, 1.82) is 0 Å². The lowest BCUT2D eigenvalue weighted by molar-refractivity contribution is 0.437. The summed E-state index contributed by atoms with van der Waals surface area (Å²) >= 11 is 0. The van der Waals surface area contributed by atoms with Crippen LogP contribution in [0.15, 0.2) is 0 Å². The lowest BCUT2D eigenvalue weighted by Crippen LogP contribution is -2.17. The summed E-state index contributed by atoms with van der Waals surface area (Å²) in [5, 5.41) is 8.44. The summed E-state index contributed by atoms with van der Waals surface area (Å²) < 4.78 is 2.10. The first-order valence-corrected chi connectivity index (χ1v) is 7.54. The summed E-state index contributed by atoms with van der Waals surface area (Å²) in [7, 11) is 2.10. The van der Waals surface area contributed by atoms with Crippen LogP contribution in [0.2, 0.25) is 0 Å². The third-order valence-corrected chi connectivity index (χ3v) is 4.81. The molecule has 1 unspecified atom stereocenters. The molecule has 0 spiro atoms. The lowest BCUT2D eigenvalue weighted by Gasteiger charge is -2.24. The van der Waals surface area contributed by atoms with Crippen molar-refractivity contribution in [3.05, 3.63) is 17.0 Å². The lowest BCUT2D eigenvalue weighted by atomic mass is 9.82. The number of rotatable bonds is 2. The summed E-state index contributed by atoms with van der Waals surface area (Å²) in [4.78, 5) is 0. The van der Waals surface area contributed by atoms with Crippen LogP contribution in [0.25, 0.3) is 0 Å². The number of hydrogen-bond donors (Lipinski definition) is 1. The Morgan fingerprint density at radius 1 is 1.11 bits per heavy atom. The van der Waals surface area contributed by atoms with Gasteiger partial charge in [-0.1, -0.05) is 19.3 Å². The monoisotopic (exact) mass is 247 g/mol. The summed E-state index contributed by atoms with van der Waals surface area (Å²) in [6.45, 7) is 3.40. The minimum Gasteiger partial charge on any atom is -0.309 e. The zero-order valence-electron chi connectivity index (χ0n) is 11.7. The Hall–Kier alpha value is -0.830. The van der Waals surface area contributed by atoms with Gasteiger partial charge in [0.05, 0.1) is 11.7 Å². The van der Waals surface area contributed by atoms with E-state index in [-0.39, 0.29) is 0 Å². The van der Waals surface area contributed by atoms with Crippen molar-refractivity contribution in [1.82, 2.24) is 15.1 Å². The molecule has 1 aliphatic heterocycles. The van der Waals surface area contributed by atoms with Gasteiger partial charge in [0, 0.05) is 18.3 Å². The van der Waals surface area contributed by atoms with Gasteiger partial charge in [-0.15, -0.1) is 0 Å². The Bertz CT molecular complexity index is 410. The van der Waals surface area contributed by atoms with Crippen LogP contribution in [0.4, 0.5) is 0 Å². The van der Waals surface area contributed by atoms with E-state index in [1.165, 1.54) is 56.3 Å². The maximum Gasteiger partial charge on any atom is 0.0831 e. The van der Waals surface area contributed by atoms with E-state index in [1.54, 1.807) is 5.56 Å². The maximum atomic E-state index is 4.82. The zero-order chi connectivity index (χ0) is 12.5. The van der Waals surface area contributed by atoms with E-state index in [2.05, 4.69) is 24.0 Å². The van der Waals surface area contributed by atoms with Crippen LogP contribution >= 0.6 is 0 Å². The average molecular weight is 247 g/mol. The molecule has 2 fully saturated rings. The molecule has 0 aromatic carbocycles. The van der Waals surface area contributed by atoms with Crippen LogP contribution in [0, 0.1) is 6.92 Å². The molecule has 1 aromatic heterocycles. The second-order valence-corrected chi connectivity index (χ2v) is 5.99. The molecule has 1 aromatic rings. The standard InChI is InChI=1S/C15H25N3/c1-11-14(12-7-4-3-5-8-12)15(17-18(11)2)13-9-6-10-16-13/h12-13,16H,3-10H2,1-2H3. The van der Waals surface area contributed by atoms with Crippen molar-refractivity contribution < 1.29 is 0 Å². The van der Waals surface area contributed by atoms with Crippen LogP contribution in [0.3, 0.4) is 0 Å². The first-order valence-electron chi connectivity index (χ1n) is 7.54. The van der Waals surface area contributed by atoms with Gasteiger partial charge in [0.1, 0.15) is 0 Å². The molecule has 0 amide bonds. The molecular weight excluding hydrogens is 222 g/mol. The largest absolute Gasteiger partial charge is 0.309 e. The molecule has 1 aliphatic carbocycles. The first-order chi connectivity index (χ1) is 8.77. The van der Waals surface area contributed by atoms with Gasteiger partial charge in [0.15, 0.2) is 0 Å². The molecule has 3 rings (SSSR count). The molecule has 1 N–H and O–H groups in total. The number of aryl methyl sites for hydroxylation is 1. The van der Waals surface area contributed by atoms with Gasteiger partial charge in [0.2, 0.25) is 0 Å². The van der Waals surface area contributed by atoms with Gasteiger partial charge >= 0.3 is 0 Å². The normalized spacial score (nSPS) is 25.8. The minimum atomic E-state index is 0.516. The molecule has 1 atom stereocenters. The van der Waals surface area contributed by atoms with Crippen molar-refractivity contribution in [3.8, 4) is 0 Å². The molecule has 0 radical (unpaired) electrons. The predicted octanol–water partition coefficient (Wildman–Crippen LogP) is 3.20. The molecule has 2 heterocycles. The van der Waals surface area contributed by atoms with Crippen molar-refractivity contribution in [3.63, 3.8) is 0 Å². The van der Waals surface area contributed by atoms with Crippen LogP contribution in [0.5, 0.6) is 0 Å². The van der Waals surface area contributed by atoms with E-state index in [1.807, 2.05) is 0 Å². The highest BCUT2D eigenvalue weighted by Crippen LogP contribution is 2.39. The predicted molar refractivity (Wildman–Crippen MR) is 73.7 cm³/mol. The summed E-state index contributed by atoms with van der Waals surface area (Å²) in [6.07, 6.45) is 9.51. The zero-order valence-corrected chi connectivity index (χ0v) is 11.7. The van der Waals surface area contributed by atoms with E-state index in [9.17, 15) is 0 Å². The van der Waals surface area contributed by atoms with Crippen LogP contribution in [-0.4, -0.2) is 16.3 Å². The van der Waals surface area contributed by atoms with Crippen LogP contribution in [-0.2, 0) is 7.05 Å². The topological polar surface area (TPSA) is 29.9 Å². The Balaban J connectivity index is 1.94. The van der Waals surface area contributed by atoms with Gasteiger partial charge in [-0.05, 0) is 45.1 Å². The molecule has 2 aliphatic rings. The summed E-state index contributed by atoms with van der Waals surface area (Å²) in [5.74, 6) is 0.768. The molecule has 100 valence electrons. The highest BCUT2D eigenvalue weighted by atomic mass is 15.3. The fraction of sp³-hybridized carbons (Fsp3) is 0.800. The molecule has 1 saturated carbocycles. The summed E-state index contributed by atoms with van der Waals surface area (Å²) in [6, 6.07) is 0.516. The Kier molecular flexibility index (Phi) is 3.42. The minimum absolute atomic E-state index is 0.516. The number of nitrogens with one attached hydrogen (secondary N) is 1. The van der Waals surface area contributed by atoms with Crippen LogP contribution in [0.1, 0.15) is 73.9 Å². The van der Waals surface area contributed by atoms with E-state index < -0.39 is 0 Å². The third-order valence-electron chi connectivity index (χ3n) is 4.81. The Morgan fingerprint density at radius 3 is 2.56 bits per heavy atom. The van der Waals surface area contributed by atoms with Crippen molar-refractivity contribution in [2.45, 2.75) is 63.8 Å². The van der Waals surface area contributed by atoms with Gasteiger partial charge in [-0.3, -0.25) is 4.68 Å². The van der Waals surface area contributed by atoms with Gasteiger partial charge in [-0.2, -0.15) is 5.10 Å². The second kappa shape index (κ2) is 5.04. The molecule has 3 nitrogen and oxygen atoms in total. The smallest absolute Gasteiger partial charge is 0.0831 e. The molecule has 0 bridgehead atoms. The first kappa shape index (κ1) is 12.2.